The number of likely N-dealkylation sites (tertiary alicyclic amines) is 1. The van der Waals surface area contributed by atoms with Crippen molar-refractivity contribution in [2.24, 2.45) is 12.0 Å². The molecule has 9 nitrogen and oxygen atoms in total. The number of aryl methyl sites for hydroxylation is 1. The minimum atomic E-state index is -1.68. The molecule has 2 aliphatic heterocycles. The van der Waals surface area contributed by atoms with E-state index in [2.05, 4.69) is 21.7 Å². The van der Waals surface area contributed by atoms with E-state index in [9.17, 15) is 9.59 Å². The minimum absolute atomic E-state index is 0.124. The first-order valence-corrected chi connectivity index (χ1v) is 11.8. The van der Waals surface area contributed by atoms with Gasteiger partial charge in [0.2, 0.25) is 5.88 Å². The van der Waals surface area contributed by atoms with E-state index < -0.39 is 11.2 Å². The molecule has 0 N–H and O–H groups in total. The Balaban J connectivity index is 1.58. The van der Waals surface area contributed by atoms with Gasteiger partial charge < -0.3 is 9.64 Å². The van der Waals surface area contributed by atoms with Gasteiger partial charge in [0, 0.05) is 50.9 Å². The molecule has 0 aliphatic carbocycles. The van der Waals surface area contributed by atoms with Gasteiger partial charge in [-0.1, -0.05) is 6.58 Å². The summed E-state index contributed by atoms with van der Waals surface area (Å²) in [5.41, 5.74) is -0.495. The number of allylic oxidation sites excluding steroid dienone is 1. The number of hydrogen-bond acceptors (Lipinski definition) is 6. The van der Waals surface area contributed by atoms with Gasteiger partial charge in [0.15, 0.2) is 0 Å². The zero-order chi connectivity index (χ0) is 26.3. The van der Waals surface area contributed by atoms with Gasteiger partial charge in [0.25, 0.3) is 11.8 Å². The Bertz CT molecular complexity index is 1270. The van der Waals surface area contributed by atoms with Crippen LogP contribution in [0.3, 0.4) is 0 Å². The zero-order valence-corrected chi connectivity index (χ0v) is 21.3. The molecule has 36 heavy (non-hydrogen) atoms. The number of carbonyl (C=O) groups excluding carboxylic acids is 2. The third-order valence-electron chi connectivity index (χ3n) is 6.86. The molecular formula is C26H31FN6O3. The van der Waals surface area contributed by atoms with Crippen LogP contribution in [0.1, 0.15) is 49.5 Å². The number of hydrogen-bond donors (Lipinski definition) is 0. The number of rotatable bonds is 5. The number of nitrogens with zero attached hydrogens (tertiary/aromatic N) is 6. The zero-order valence-electron chi connectivity index (χ0n) is 21.3. The van der Waals surface area contributed by atoms with Gasteiger partial charge in [-0.15, -0.1) is 0 Å². The van der Waals surface area contributed by atoms with E-state index in [1.165, 1.54) is 30.6 Å². The predicted octanol–water partition coefficient (Wildman–Crippen LogP) is 3.55. The van der Waals surface area contributed by atoms with E-state index in [0.717, 1.165) is 0 Å². The predicted molar refractivity (Wildman–Crippen MR) is 134 cm³/mol. The molecule has 0 atom stereocenters. The number of ether oxygens (including phenoxy) is 1. The Morgan fingerprint density at radius 2 is 1.94 bits per heavy atom. The highest BCUT2D eigenvalue weighted by molar-refractivity contribution is 6.36. The number of methoxy groups -OCH3 is 1. The maximum atomic E-state index is 16.2. The van der Waals surface area contributed by atoms with Gasteiger partial charge in [-0.05, 0) is 32.9 Å². The molecule has 2 aliphatic rings. The van der Waals surface area contributed by atoms with Gasteiger partial charge in [-0.3, -0.25) is 24.2 Å². The van der Waals surface area contributed by atoms with Crippen LogP contribution in [0.4, 0.5) is 10.1 Å². The summed E-state index contributed by atoms with van der Waals surface area (Å²) in [6.07, 6.45) is 8.14. The maximum absolute atomic E-state index is 16.2. The van der Waals surface area contributed by atoms with Crippen LogP contribution >= 0.6 is 0 Å². The van der Waals surface area contributed by atoms with Gasteiger partial charge in [-0.25, -0.2) is 9.38 Å². The van der Waals surface area contributed by atoms with Crippen molar-refractivity contribution in [3.05, 3.63) is 66.1 Å². The summed E-state index contributed by atoms with van der Waals surface area (Å²) in [6, 6.07) is 1.66. The molecule has 2 aromatic rings. The number of anilines is 1. The van der Waals surface area contributed by atoms with Crippen molar-refractivity contribution in [3.63, 3.8) is 0 Å². The van der Waals surface area contributed by atoms with E-state index in [1.54, 1.807) is 41.9 Å². The summed E-state index contributed by atoms with van der Waals surface area (Å²) in [7, 11) is 3.25. The van der Waals surface area contributed by atoms with Crippen LogP contribution in [0.25, 0.3) is 0 Å². The number of piperidine rings is 1. The standard InChI is InChI=1S/C26H31FN6O3/c1-7-21(36-6)30-22-17(2)23(34)33(25(22,3)4)20-12-19(14-28-15-20)26(27)8-10-32(11-9-26)24(35)18-13-29-31(5)16-18/h7,12-16H,2,8-11H2,1,3-6H3/b21-7+,30-22+. The molecule has 2 fully saturated rings. The molecule has 0 saturated carbocycles. The summed E-state index contributed by atoms with van der Waals surface area (Å²) in [6.45, 7) is 9.96. The number of carbonyl (C=O) groups is 2. The molecule has 2 saturated heterocycles. The second-order valence-electron chi connectivity index (χ2n) is 9.56. The maximum Gasteiger partial charge on any atom is 0.260 e. The van der Waals surface area contributed by atoms with Gasteiger partial charge >= 0.3 is 0 Å². The Morgan fingerprint density at radius 1 is 1.25 bits per heavy atom. The largest absolute Gasteiger partial charge is 0.481 e. The quantitative estimate of drug-likeness (QED) is 0.468. The number of aliphatic imine (C=N–C) groups is 1. The molecule has 0 aromatic carbocycles. The molecule has 4 rings (SSSR count). The molecule has 2 aromatic heterocycles. The van der Waals surface area contributed by atoms with Crippen molar-refractivity contribution < 1.29 is 18.7 Å². The molecule has 4 heterocycles. The van der Waals surface area contributed by atoms with E-state index in [1.807, 2.05) is 13.8 Å². The SMILES string of the molecule is C=C1C(=O)N(c2cncc(C3(F)CCN(C(=O)c4cnn(C)c4)CC3)c2)C(C)(C)/C1=N/C(=C\C)OC. The number of alkyl halides is 1. The second-order valence-corrected chi connectivity index (χ2v) is 9.56. The monoisotopic (exact) mass is 494 g/mol. The molecule has 190 valence electrons. The van der Waals surface area contributed by atoms with E-state index >= 15 is 4.39 Å². The van der Waals surface area contributed by atoms with Crippen LogP contribution in [-0.2, 0) is 22.2 Å². The summed E-state index contributed by atoms with van der Waals surface area (Å²) in [5.74, 6) is -0.117. The normalized spacial score (nSPS) is 20.8. The summed E-state index contributed by atoms with van der Waals surface area (Å²) < 4.78 is 23.0. The van der Waals surface area contributed by atoms with E-state index in [0.29, 0.717) is 28.4 Å². The van der Waals surface area contributed by atoms with E-state index in [4.69, 9.17) is 4.74 Å². The first kappa shape index (κ1) is 25.3. The second kappa shape index (κ2) is 9.33. The van der Waals surface area contributed by atoms with Crippen LogP contribution in [0, 0.1) is 0 Å². The molecule has 0 radical (unpaired) electrons. The molecule has 10 heteroatoms. The van der Waals surface area contributed by atoms with Crippen LogP contribution in [0.15, 0.2) is 60.0 Å². The summed E-state index contributed by atoms with van der Waals surface area (Å²) >= 11 is 0. The van der Waals surface area contributed by atoms with Crippen molar-refractivity contribution in [1.29, 1.82) is 0 Å². The highest BCUT2D eigenvalue weighted by atomic mass is 19.1. The number of halogens is 1. The minimum Gasteiger partial charge on any atom is -0.481 e. The number of pyridine rings is 1. The summed E-state index contributed by atoms with van der Waals surface area (Å²) in [4.78, 5) is 37.9. The molecule has 2 amide bonds. The van der Waals surface area contributed by atoms with Crippen molar-refractivity contribution in [1.82, 2.24) is 19.7 Å². The van der Waals surface area contributed by atoms with Crippen LogP contribution in [-0.4, -0.2) is 62.9 Å². The fraction of sp³-hybridized carbons (Fsp3) is 0.423. The van der Waals surface area contributed by atoms with E-state index in [-0.39, 0.29) is 43.3 Å². The average molecular weight is 495 g/mol. The van der Waals surface area contributed by atoms with Crippen LogP contribution in [0.5, 0.6) is 0 Å². The average Bonchev–Trinajstić information content (AvgIpc) is 3.36. The number of aromatic nitrogens is 3. The fourth-order valence-corrected chi connectivity index (χ4v) is 4.81. The Kier molecular flexibility index (Phi) is 6.55. The Labute approximate surface area is 210 Å². The summed E-state index contributed by atoms with van der Waals surface area (Å²) in [5, 5.41) is 4.04. The Morgan fingerprint density at radius 3 is 2.53 bits per heavy atom. The van der Waals surface area contributed by atoms with Crippen molar-refractivity contribution in [2.45, 2.75) is 44.8 Å². The first-order valence-electron chi connectivity index (χ1n) is 11.8. The lowest BCUT2D eigenvalue weighted by Crippen LogP contribution is -2.45. The highest BCUT2D eigenvalue weighted by Gasteiger charge is 2.48. The first-order chi connectivity index (χ1) is 17.0. The Hall–Kier alpha value is -3.82. The fourth-order valence-electron chi connectivity index (χ4n) is 4.81. The van der Waals surface area contributed by atoms with Gasteiger partial charge in [-0.2, -0.15) is 5.10 Å². The molecule has 0 bridgehead atoms. The highest BCUT2D eigenvalue weighted by Crippen LogP contribution is 2.41. The lowest BCUT2D eigenvalue weighted by Gasteiger charge is -2.37. The van der Waals surface area contributed by atoms with Gasteiger partial charge in [0.1, 0.15) is 5.67 Å². The third-order valence-corrected chi connectivity index (χ3v) is 6.86. The van der Waals surface area contributed by atoms with Crippen LogP contribution in [0.2, 0.25) is 0 Å². The number of amides is 2. The smallest absolute Gasteiger partial charge is 0.260 e. The van der Waals surface area contributed by atoms with Crippen molar-refractivity contribution in [3.8, 4) is 0 Å². The van der Waals surface area contributed by atoms with Crippen molar-refractivity contribution in [2.75, 3.05) is 25.1 Å². The topological polar surface area (TPSA) is 92.9 Å². The lowest BCUT2D eigenvalue weighted by atomic mass is 9.86. The van der Waals surface area contributed by atoms with Crippen molar-refractivity contribution >= 4 is 23.2 Å². The van der Waals surface area contributed by atoms with Crippen LogP contribution < -0.4 is 4.90 Å². The molecule has 0 unspecified atom stereocenters. The van der Waals surface area contributed by atoms with Gasteiger partial charge in [0.05, 0.1) is 47.6 Å². The molecule has 0 spiro atoms. The third kappa shape index (κ3) is 4.31. The molecular weight excluding hydrogens is 463 g/mol. The lowest BCUT2D eigenvalue weighted by molar-refractivity contribution is -0.114.